The van der Waals surface area contributed by atoms with Crippen LogP contribution >= 0.6 is 0 Å². The Morgan fingerprint density at radius 1 is 1.36 bits per heavy atom. The molecule has 0 saturated carbocycles. The van der Waals surface area contributed by atoms with Gasteiger partial charge in [0.15, 0.2) is 5.82 Å². The molecule has 22 heavy (non-hydrogen) atoms. The van der Waals surface area contributed by atoms with Crippen molar-refractivity contribution in [2.24, 2.45) is 0 Å². The number of fused-ring (bicyclic) bond motifs is 1. The molecule has 1 aromatic carbocycles. The molecule has 3 rings (SSSR count). The average molecular weight is 301 g/mol. The fourth-order valence-electron chi connectivity index (χ4n) is 2.43. The Bertz CT molecular complexity index is 848. The van der Waals surface area contributed by atoms with Gasteiger partial charge < -0.3 is 14.8 Å². The number of anilines is 1. The molecule has 3 aromatic rings. The molecule has 0 spiro atoms. The molecule has 114 valence electrons. The predicted octanol–water partition coefficient (Wildman–Crippen LogP) is 3.52. The highest BCUT2D eigenvalue weighted by atomic mass is 19.1. The highest BCUT2D eigenvalue weighted by Gasteiger charge is 2.33. The van der Waals surface area contributed by atoms with E-state index in [2.05, 4.69) is 15.5 Å². The van der Waals surface area contributed by atoms with E-state index in [4.69, 9.17) is 4.52 Å². The predicted molar refractivity (Wildman–Crippen MR) is 81.2 cm³/mol. The maximum atomic E-state index is 13.5. The van der Waals surface area contributed by atoms with Gasteiger partial charge in [0.2, 0.25) is 5.91 Å². The first kappa shape index (κ1) is 14.3. The van der Waals surface area contributed by atoms with Gasteiger partial charge in [0.05, 0.1) is 5.41 Å². The number of nitrogens with one attached hydrogen (secondary N) is 2. The van der Waals surface area contributed by atoms with Crippen molar-refractivity contribution in [3.05, 3.63) is 47.6 Å². The maximum absolute atomic E-state index is 13.5. The zero-order valence-electron chi connectivity index (χ0n) is 12.5. The van der Waals surface area contributed by atoms with Gasteiger partial charge in [-0.05, 0) is 44.5 Å². The van der Waals surface area contributed by atoms with Crippen molar-refractivity contribution >= 4 is 22.6 Å². The quantitative estimate of drug-likeness (QED) is 0.777. The summed E-state index contributed by atoms with van der Waals surface area (Å²) in [7, 11) is 0. The fraction of sp³-hybridized carbons (Fsp3) is 0.250. The minimum atomic E-state index is -0.862. The van der Waals surface area contributed by atoms with Crippen LogP contribution in [0.2, 0.25) is 0 Å². The van der Waals surface area contributed by atoms with Gasteiger partial charge in [-0.2, -0.15) is 0 Å². The number of carbonyl (C=O) groups excluding carboxylic acids is 1. The summed E-state index contributed by atoms with van der Waals surface area (Å²) in [6, 6.07) is 6.11. The van der Waals surface area contributed by atoms with E-state index in [9.17, 15) is 9.18 Å². The molecule has 0 unspecified atom stereocenters. The molecule has 2 aromatic heterocycles. The van der Waals surface area contributed by atoms with E-state index in [1.807, 2.05) is 0 Å². The lowest BCUT2D eigenvalue weighted by molar-refractivity contribution is -0.120. The number of nitrogens with zero attached hydrogens (tertiary/aromatic N) is 1. The van der Waals surface area contributed by atoms with Crippen molar-refractivity contribution in [2.45, 2.75) is 26.2 Å². The lowest BCUT2D eigenvalue weighted by Gasteiger charge is -2.22. The Labute approximate surface area is 126 Å². The minimum Gasteiger partial charge on any atom is -0.361 e. The molecule has 2 heterocycles. The molecule has 0 aliphatic rings. The molecule has 0 atom stereocenters. The normalized spacial score (nSPS) is 11.8. The molecule has 0 bridgehead atoms. The summed E-state index contributed by atoms with van der Waals surface area (Å²) in [6.07, 6.45) is 1.73. The monoisotopic (exact) mass is 301 g/mol. The smallest absolute Gasteiger partial charge is 0.235 e. The van der Waals surface area contributed by atoms with Gasteiger partial charge in [0, 0.05) is 23.2 Å². The zero-order valence-corrected chi connectivity index (χ0v) is 12.5. The zero-order chi connectivity index (χ0) is 15.9. The number of hydrogen-bond acceptors (Lipinski definition) is 3. The molecule has 5 nitrogen and oxygen atoms in total. The second-order valence-electron chi connectivity index (χ2n) is 5.79. The molecule has 0 saturated heterocycles. The van der Waals surface area contributed by atoms with Crippen LogP contribution in [0.15, 0.2) is 35.0 Å². The molecule has 1 amide bonds. The van der Waals surface area contributed by atoms with E-state index < -0.39 is 5.41 Å². The third-order valence-corrected chi connectivity index (χ3v) is 3.75. The van der Waals surface area contributed by atoms with Crippen molar-refractivity contribution in [3.63, 3.8) is 0 Å². The van der Waals surface area contributed by atoms with E-state index in [0.717, 1.165) is 11.1 Å². The molecular weight excluding hydrogens is 285 g/mol. The SMILES string of the molecule is Cc1cc(NC(=O)C(C)(C)c2c[nH]c3ccc(F)cc23)no1. The number of H-pyrrole nitrogens is 1. The van der Waals surface area contributed by atoms with Gasteiger partial charge in [-0.3, -0.25) is 4.79 Å². The lowest BCUT2D eigenvalue weighted by Crippen LogP contribution is -2.34. The van der Waals surface area contributed by atoms with E-state index in [0.29, 0.717) is 17.0 Å². The molecule has 0 radical (unpaired) electrons. The van der Waals surface area contributed by atoms with E-state index >= 15 is 0 Å². The maximum Gasteiger partial charge on any atom is 0.235 e. The van der Waals surface area contributed by atoms with Gasteiger partial charge in [-0.25, -0.2) is 4.39 Å². The van der Waals surface area contributed by atoms with Gasteiger partial charge >= 0.3 is 0 Å². The van der Waals surface area contributed by atoms with Crippen molar-refractivity contribution < 1.29 is 13.7 Å². The van der Waals surface area contributed by atoms with Crippen LogP contribution in [0.5, 0.6) is 0 Å². The summed E-state index contributed by atoms with van der Waals surface area (Å²) in [4.78, 5) is 15.6. The first-order valence-electron chi connectivity index (χ1n) is 6.90. The topological polar surface area (TPSA) is 70.9 Å². The van der Waals surface area contributed by atoms with E-state index in [1.54, 1.807) is 39.1 Å². The number of amides is 1. The standard InChI is InChI=1S/C16H16FN3O2/c1-9-6-14(20-22-9)19-15(21)16(2,3)12-8-18-13-5-4-10(17)7-11(12)13/h4-8,18H,1-3H3,(H,19,20,21). The fourth-order valence-corrected chi connectivity index (χ4v) is 2.43. The highest BCUT2D eigenvalue weighted by Crippen LogP contribution is 2.32. The molecule has 0 aliphatic heterocycles. The summed E-state index contributed by atoms with van der Waals surface area (Å²) in [6.45, 7) is 5.31. The number of halogens is 1. The number of hydrogen-bond donors (Lipinski definition) is 2. The Morgan fingerprint density at radius 3 is 2.82 bits per heavy atom. The van der Waals surface area contributed by atoms with Gasteiger partial charge in [-0.1, -0.05) is 5.16 Å². The Hall–Kier alpha value is -2.63. The van der Waals surface area contributed by atoms with Crippen LogP contribution in [0.25, 0.3) is 10.9 Å². The first-order valence-corrected chi connectivity index (χ1v) is 6.90. The van der Waals surface area contributed by atoms with Gasteiger partial charge in [-0.15, -0.1) is 0 Å². The largest absolute Gasteiger partial charge is 0.361 e. The second kappa shape index (κ2) is 4.98. The Balaban J connectivity index is 1.96. The number of rotatable bonds is 3. The molecular formula is C16H16FN3O2. The number of aromatic nitrogens is 2. The lowest BCUT2D eigenvalue weighted by atomic mass is 9.83. The third kappa shape index (κ3) is 2.36. The van der Waals surface area contributed by atoms with Crippen LogP contribution in [-0.2, 0) is 10.2 Å². The Morgan fingerprint density at radius 2 is 2.14 bits per heavy atom. The molecule has 0 fully saturated rings. The summed E-state index contributed by atoms with van der Waals surface area (Å²) in [5, 5.41) is 7.16. The van der Waals surface area contributed by atoms with Crippen molar-refractivity contribution in [2.75, 3.05) is 5.32 Å². The van der Waals surface area contributed by atoms with Crippen LogP contribution < -0.4 is 5.32 Å². The molecule has 6 heteroatoms. The van der Waals surface area contributed by atoms with Crippen molar-refractivity contribution in [1.29, 1.82) is 0 Å². The van der Waals surface area contributed by atoms with Crippen LogP contribution in [0.3, 0.4) is 0 Å². The number of benzene rings is 1. The van der Waals surface area contributed by atoms with E-state index in [1.165, 1.54) is 12.1 Å². The van der Waals surface area contributed by atoms with Crippen LogP contribution in [0.1, 0.15) is 25.2 Å². The third-order valence-electron chi connectivity index (χ3n) is 3.75. The van der Waals surface area contributed by atoms with Crippen molar-refractivity contribution in [1.82, 2.24) is 10.1 Å². The summed E-state index contributed by atoms with van der Waals surface area (Å²) >= 11 is 0. The number of carbonyl (C=O) groups is 1. The molecule has 2 N–H and O–H groups in total. The summed E-state index contributed by atoms with van der Waals surface area (Å²) in [5.41, 5.74) is 0.646. The summed E-state index contributed by atoms with van der Waals surface area (Å²) in [5.74, 6) is 0.395. The number of aromatic amines is 1. The molecule has 0 aliphatic carbocycles. The first-order chi connectivity index (χ1) is 10.4. The van der Waals surface area contributed by atoms with Crippen LogP contribution in [-0.4, -0.2) is 16.0 Å². The highest BCUT2D eigenvalue weighted by molar-refractivity contribution is 6.01. The van der Waals surface area contributed by atoms with Crippen LogP contribution in [0.4, 0.5) is 10.2 Å². The summed E-state index contributed by atoms with van der Waals surface area (Å²) < 4.78 is 18.4. The number of aryl methyl sites for hydroxylation is 1. The van der Waals surface area contributed by atoms with Crippen LogP contribution in [0, 0.1) is 12.7 Å². The minimum absolute atomic E-state index is 0.244. The van der Waals surface area contributed by atoms with Crippen molar-refractivity contribution in [3.8, 4) is 0 Å². The van der Waals surface area contributed by atoms with Gasteiger partial charge in [0.1, 0.15) is 11.6 Å². The van der Waals surface area contributed by atoms with E-state index in [-0.39, 0.29) is 11.7 Å². The Kier molecular flexibility index (Phi) is 3.24. The van der Waals surface area contributed by atoms with Gasteiger partial charge in [0.25, 0.3) is 0 Å². The average Bonchev–Trinajstić information content (AvgIpc) is 3.04. The second-order valence-corrected chi connectivity index (χ2v) is 5.79.